The van der Waals surface area contributed by atoms with Crippen molar-refractivity contribution in [1.29, 1.82) is 5.41 Å². The molecule has 0 atom stereocenters. The van der Waals surface area contributed by atoms with Gasteiger partial charge in [-0.05, 0) is 42.8 Å². The zero-order chi connectivity index (χ0) is 21.3. The molecule has 2 heterocycles. The molecule has 1 amide bonds. The van der Waals surface area contributed by atoms with Crippen LogP contribution < -0.4 is 9.47 Å². The summed E-state index contributed by atoms with van der Waals surface area (Å²) in [7, 11) is 1.45. The number of carbonyl (C=O) groups is 2. The predicted molar refractivity (Wildman–Crippen MR) is 109 cm³/mol. The fraction of sp³-hybridized carbons (Fsp3) is 0.0909. The van der Waals surface area contributed by atoms with Crippen LogP contribution in [-0.4, -0.2) is 35.7 Å². The van der Waals surface area contributed by atoms with Crippen LogP contribution in [-0.2, 0) is 9.63 Å². The second kappa shape index (κ2) is 7.67. The van der Waals surface area contributed by atoms with E-state index in [1.165, 1.54) is 18.2 Å². The lowest BCUT2D eigenvalue weighted by Gasteiger charge is -2.23. The van der Waals surface area contributed by atoms with Crippen molar-refractivity contribution in [2.24, 2.45) is 4.99 Å². The van der Waals surface area contributed by atoms with E-state index in [1.54, 1.807) is 61.5 Å². The average Bonchev–Trinajstić information content (AvgIpc) is 3.12. The Kier molecular flexibility index (Phi) is 4.89. The van der Waals surface area contributed by atoms with Crippen molar-refractivity contribution in [3.8, 4) is 11.5 Å². The number of allylic oxidation sites excluding steroid dienone is 1. The van der Waals surface area contributed by atoms with Gasteiger partial charge in [0.1, 0.15) is 5.76 Å². The van der Waals surface area contributed by atoms with Gasteiger partial charge in [-0.25, -0.2) is 4.79 Å². The SMILES string of the molecule is COc1cc(/C=C2\C(=N)N3OC(C)=CC3=NC2=O)ccc1OC(=O)c1ccccc1. The molecule has 8 heteroatoms. The second-order valence-corrected chi connectivity index (χ2v) is 6.49. The molecule has 4 rings (SSSR count). The number of hydrogen-bond acceptors (Lipinski definition) is 6. The van der Waals surface area contributed by atoms with Crippen molar-refractivity contribution < 1.29 is 23.9 Å². The number of benzene rings is 2. The molecule has 1 N–H and O–H groups in total. The molecule has 0 unspecified atom stereocenters. The monoisotopic (exact) mass is 403 g/mol. The van der Waals surface area contributed by atoms with E-state index in [0.717, 1.165) is 0 Å². The molecule has 0 aliphatic carbocycles. The van der Waals surface area contributed by atoms with Gasteiger partial charge in [-0.15, -0.1) is 5.06 Å². The van der Waals surface area contributed by atoms with Crippen molar-refractivity contribution in [2.45, 2.75) is 6.92 Å². The van der Waals surface area contributed by atoms with Gasteiger partial charge in [0, 0.05) is 6.08 Å². The van der Waals surface area contributed by atoms with Crippen molar-refractivity contribution in [2.75, 3.05) is 7.11 Å². The lowest BCUT2D eigenvalue weighted by Crippen LogP contribution is -2.38. The molecule has 2 aliphatic rings. The fourth-order valence-corrected chi connectivity index (χ4v) is 2.96. The van der Waals surface area contributed by atoms with Gasteiger partial charge in [-0.2, -0.15) is 4.99 Å². The molecule has 0 saturated heterocycles. The van der Waals surface area contributed by atoms with Crippen molar-refractivity contribution in [1.82, 2.24) is 5.06 Å². The molecular formula is C22H17N3O5. The summed E-state index contributed by atoms with van der Waals surface area (Å²) < 4.78 is 10.8. The number of nitrogens with zero attached hydrogens (tertiary/aromatic N) is 2. The maximum atomic E-state index is 12.4. The minimum Gasteiger partial charge on any atom is -0.493 e. The first-order chi connectivity index (χ1) is 14.5. The number of hydrogen-bond donors (Lipinski definition) is 1. The lowest BCUT2D eigenvalue weighted by molar-refractivity contribution is -0.114. The molecule has 150 valence electrons. The van der Waals surface area contributed by atoms with Crippen LogP contribution in [0.3, 0.4) is 0 Å². The number of esters is 1. The zero-order valence-electron chi connectivity index (χ0n) is 16.2. The highest BCUT2D eigenvalue weighted by Gasteiger charge is 2.34. The molecular weight excluding hydrogens is 386 g/mol. The molecule has 0 aromatic heterocycles. The van der Waals surface area contributed by atoms with Crippen molar-refractivity contribution >= 4 is 29.6 Å². The second-order valence-electron chi connectivity index (χ2n) is 6.49. The Morgan fingerprint density at radius 1 is 1.17 bits per heavy atom. The summed E-state index contributed by atoms with van der Waals surface area (Å²) in [6, 6.07) is 13.4. The smallest absolute Gasteiger partial charge is 0.343 e. The third-order valence-electron chi connectivity index (χ3n) is 4.39. The maximum absolute atomic E-state index is 12.4. The van der Waals surface area contributed by atoms with Gasteiger partial charge in [-0.3, -0.25) is 10.2 Å². The number of ether oxygens (including phenoxy) is 2. The van der Waals surface area contributed by atoms with Crippen LogP contribution in [0.2, 0.25) is 0 Å². The number of amides is 1. The molecule has 2 aromatic rings. The summed E-state index contributed by atoms with van der Waals surface area (Å²) in [6.07, 6.45) is 3.09. The molecule has 0 fully saturated rings. The van der Waals surface area contributed by atoms with E-state index in [1.807, 2.05) is 0 Å². The quantitative estimate of drug-likeness (QED) is 0.477. The normalized spacial score (nSPS) is 16.6. The van der Waals surface area contributed by atoms with E-state index in [2.05, 4.69) is 4.99 Å². The van der Waals surface area contributed by atoms with Crippen LogP contribution in [0, 0.1) is 5.41 Å². The number of aliphatic imine (C=N–C) groups is 1. The molecule has 0 bridgehead atoms. The molecule has 2 aromatic carbocycles. The summed E-state index contributed by atoms with van der Waals surface area (Å²) in [5.41, 5.74) is 1.05. The highest BCUT2D eigenvalue weighted by atomic mass is 16.7. The van der Waals surface area contributed by atoms with Gasteiger partial charge in [0.05, 0.1) is 18.2 Å². The Balaban J connectivity index is 1.60. The van der Waals surface area contributed by atoms with Crippen LogP contribution in [0.4, 0.5) is 0 Å². The van der Waals surface area contributed by atoms with E-state index in [-0.39, 0.29) is 23.0 Å². The lowest BCUT2D eigenvalue weighted by atomic mass is 10.1. The minimum absolute atomic E-state index is 0.0675. The van der Waals surface area contributed by atoms with E-state index in [4.69, 9.17) is 19.7 Å². The number of nitrogens with one attached hydrogen (secondary N) is 1. The Labute approximate surface area is 172 Å². The molecule has 2 aliphatic heterocycles. The summed E-state index contributed by atoms with van der Waals surface area (Å²) >= 11 is 0. The maximum Gasteiger partial charge on any atom is 0.343 e. The zero-order valence-corrected chi connectivity index (χ0v) is 16.2. The van der Waals surface area contributed by atoms with Crippen LogP contribution in [0.5, 0.6) is 11.5 Å². The highest BCUT2D eigenvalue weighted by Crippen LogP contribution is 2.31. The topological polar surface area (TPSA) is 101 Å². The molecule has 30 heavy (non-hydrogen) atoms. The fourth-order valence-electron chi connectivity index (χ4n) is 2.96. The number of methoxy groups -OCH3 is 1. The van der Waals surface area contributed by atoms with Gasteiger partial charge < -0.3 is 14.3 Å². The third kappa shape index (κ3) is 3.58. The van der Waals surface area contributed by atoms with Crippen LogP contribution in [0.15, 0.2) is 70.9 Å². The third-order valence-corrected chi connectivity index (χ3v) is 4.39. The Hall–Kier alpha value is -4.20. The van der Waals surface area contributed by atoms with Gasteiger partial charge >= 0.3 is 5.97 Å². The largest absolute Gasteiger partial charge is 0.493 e. The molecule has 0 spiro atoms. The molecule has 0 saturated carbocycles. The number of amidine groups is 2. The Morgan fingerprint density at radius 3 is 2.67 bits per heavy atom. The van der Waals surface area contributed by atoms with Crippen LogP contribution in [0.25, 0.3) is 6.08 Å². The predicted octanol–water partition coefficient (Wildman–Crippen LogP) is 3.36. The Bertz CT molecular complexity index is 1150. The first kappa shape index (κ1) is 19.1. The summed E-state index contributed by atoms with van der Waals surface area (Å²) in [5, 5.41) is 9.46. The van der Waals surface area contributed by atoms with E-state index >= 15 is 0 Å². The number of carbonyl (C=O) groups excluding carboxylic acids is 2. The van der Waals surface area contributed by atoms with E-state index < -0.39 is 11.9 Å². The summed E-state index contributed by atoms with van der Waals surface area (Å²) in [5.74, 6) is 0.194. The number of rotatable bonds is 4. The van der Waals surface area contributed by atoms with Crippen LogP contribution in [0.1, 0.15) is 22.8 Å². The summed E-state index contributed by atoms with van der Waals surface area (Å²) in [6.45, 7) is 1.71. The van der Waals surface area contributed by atoms with Crippen molar-refractivity contribution in [3.05, 3.63) is 77.1 Å². The first-order valence-electron chi connectivity index (χ1n) is 9.01. The number of hydroxylamine groups is 2. The standard InChI is InChI=1S/C22H17N3O5/c1-13-10-19-24-21(26)16(20(23)25(19)30-13)11-14-8-9-17(18(12-14)28-2)29-22(27)15-6-4-3-5-7-15/h3-12,23H,1-2H3/b16-11+,23-20?. The van der Waals surface area contributed by atoms with Crippen LogP contribution >= 0.6 is 0 Å². The molecule has 0 radical (unpaired) electrons. The average molecular weight is 403 g/mol. The van der Waals surface area contributed by atoms with E-state index in [9.17, 15) is 9.59 Å². The molecule has 8 nitrogen and oxygen atoms in total. The first-order valence-corrected chi connectivity index (χ1v) is 9.01. The Morgan fingerprint density at radius 2 is 1.93 bits per heavy atom. The minimum atomic E-state index is -0.542. The number of fused-ring (bicyclic) bond motifs is 1. The van der Waals surface area contributed by atoms with Gasteiger partial charge in [0.15, 0.2) is 23.2 Å². The van der Waals surface area contributed by atoms with Gasteiger partial charge in [-0.1, -0.05) is 24.3 Å². The summed E-state index contributed by atoms with van der Waals surface area (Å²) in [4.78, 5) is 34.0. The van der Waals surface area contributed by atoms with Gasteiger partial charge in [0.2, 0.25) is 0 Å². The van der Waals surface area contributed by atoms with E-state index in [0.29, 0.717) is 22.6 Å². The van der Waals surface area contributed by atoms with Gasteiger partial charge in [0.25, 0.3) is 5.91 Å². The highest BCUT2D eigenvalue weighted by molar-refractivity contribution is 6.32. The van der Waals surface area contributed by atoms with Crippen molar-refractivity contribution in [3.63, 3.8) is 0 Å².